The van der Waals surface area contributed by atoms with Gasteiger partial charge in [-0.3, -0.25) is 14.6 Å². The standard InChI is InChI=1S/C24H26N2O5/c1-13(2)14-9-11-15(12-10-14)20(18-7-4-8-19-21(18)31-24(30)25-19)26-22(27)16-5-3-6-17(16)23(28)29/h4,7-13,16-17,20H,3,5-6H2,1-2H3,(H,25,30)(H,26,27)(H,28,29)/t16-,17+,20-/m1/s1. The highest BCUT2D eigenvalue weighted by atomic mass is 16.4. The normalized spacial score (nSPS) is 19.6. The first-order valence-electron chi connectivity index (χ1n) is 10.6. The molecule has 1 amide bonds. The lowest BCUT2D eigenvalue weighted by atomic mass is 9.92. The zero-order valence-corrected chi connectivity index (χ0v) is 17.6. The van der Waals surface area contributed by atoms with Gasteiger partial charge in [0.15, 0.2) is 5.58 Å². The Hall–Kier alpha value is -3.35. The summed E-state index contributed by atoms with van der Waals surface area (Å²) in [6.45, 7) is 4.21. The van der Waals surface area contributed by atoms with Gasteiger partial charge in [0.1, 0.15) is 0 Å². The van der Waals surface area contributed by atoms with Gasteiger partial charge >= 0.3 is 11.7 Å². The largest absolute Gasteiger partial charge is 0.481 e. The summed E-state index contributed by atoms with van der Waals surface area (Å²) in [6, 6.07) is 12.7. The molecule has 0 bridgehead atoms. The van der Waals surface area contributed by atoms with Crippen molar-refractivity contribution in [3.63, 3.8) is 0 Å². The number of carbonyl (C=O) groups is 2. The molecule has 2 aromatic carbocycles. The number of carboxylic acid groups (broad SMARTS) is 1. The molecule has 1 saturated carbocycles. The summed E-state index contributed by atoms with van der Waals surface area (Å²) in [7, 11) is 0. The third-order valence-electron chi connectivity index (χ3n) is 6.18. The molecule has 7 nitrogen and oxygen atoms in total. The molecule has 31 heavy (non-hydrogen) atoms. The van der Waals surface area contributed by atoms with Crippen LogP contribution in [-0.2, 0) is 9.59 Å². The molecule has 1 aromatic heterocycles. The fourth-order valence-corrected chi connectivity index (χ4v) is 4.46. The van der Waals surface area contributed by atoms with Crippen LogP contribution in [0.5, 0.6) is 0 Å². The lowest BCUT2D eigenvalue weighted by Gasteiger charge is -2.24. The highest BCUT2D eigenvalue weighted by Gasteiger charge is 2.38. The number of fused-ring (bicyclic) bond motifs is 1. The van der Waals surface area contributed by atoms with Crippen LogP contribution in [-0.4, -0.2) is 22.0 Å². The van der Waals surface area contributed by atoms with Crippen molar-refractivity contribution < 1.29 is 19.1 Å². The number of carbonyl (C=O) groups excluding carboxylic acids is 1. The zero-order valence-electron chi connectivity index (χ0n) is 17.6. The van der Waals surface area contributed by atoms with E-state index >= 15 is 0 Å². The minimum Gasteiger partial charge on any atom is -0.481 e. The highest BCUT2D eigenvalue weighted by molar-refractivity contribution is 5.86. The van der Waals surface area contributed by atoms with Crippen molar-refractivity contribution >= 4 is 23.0 Å². The Morgan fingerprint density at radius 2 is 1.74 bits per heavy atom. The molecule has 1 aliphatic carbocycles. The second kappa shape index (κ2) is 8.41. The molecule has 3 N–H and O–H groups in total. The molecule has 0 spiro atoms. The number of hydrogen-bond donors (Lipinski definition) is 3. The number of para-hydroxylation sites is 1. The van der Waals surface area contributed by atoms with Crippen molar-refractivity contribution in [3.8, 4) is 0 Å². The van der Waals surface area contributed by atoms with E-state index in [0.717, 1.165) is 5.56 Å². The Balaban J connectivity index is 1.74. The van der Waals surface area contributed by atoms with E-state index in [4.69, 9.17) is 4.42 Å². The molecular weight excluding hydrogens is 396 g/mol. The molecule has 3 aromatic rings. The third-order valence-corrected chi connectivity index (χ3v) is 6.18. The number of carboxylic acids is 1. The van der Waals surface area contributed by atoms with Crippen molar-refractivity contribution in [2.24, 2.45) is 11.8 Å². The number of hydrogen-bond acceptors (Lipinski definition) is 4. The molecule has 1 heterocycles. The molecule has 0 unspecified atom stereocenters. The summed E-state index contributed by atoms with van der Waals surface area (Å²) < 4.78 is 5.37. The second-order valence-electron chi connectivity index (χ2n) is 8.48. The van der Waals surface area contributed by atoms with Gasteiger partial charge in [-0.05, 0) is 36.0 Å². The first-order chi connectivity index (χ1) is 14.8. The average molecular weight is 422 g/mol. The number of aromatic amines is 1. The van der Waals surface area contributed by atoms with E-state index < -0.39 is 29.6 Å². The van der Waals surface area contributed by atoms with Crippen LogP contribution in [0.15, 0.2) is 51.7 Å². The molecule has 1 aliphatic rings. The van der Waals surface area contributed by atoms with Gasteiger partial charge in [-0.2, -0.15) is 0 Å². The number of oxazole rings is 1. The monoisotopic (exact) mass is 422 g/mol. The van der Waals surface area contributed by atoms with Crippen molar-refractivity contribution in [1.82, 2.24) is 10.3 Å². The van der Waals surface area contributed by atoms with Crippen LogP contribution in [0, 0.1) is 11.8 Å². The molecule has 0 aliphatic heterocycles. The Bertz CT molecular complexity index is 1160. The Labute approximate surface area is 179 Å². The number of benzene rings is 2. The van der Waals surface area contributed by atoms with Crippen LogP contribution >= 0.6 is 0 Å². The second-order valence-corrected chi connectivity index (χ2v) is 8.48. The van der Waals surface area contributed by atoms with Crippen molar-refractivity contribution in [2.45, 2.75) is 45.1 Å². The van der Waals surface area contributed by atoms with Gasteiger partial charge in [-0.25, -0.2) is 4.79 Å². The number of rotatable bonds is 6. The van der Waals surface area contributed by atoms with Gasteiger partial charge in [0.2, 0.25) is 5.91 Å². The minimum absolute atomic E-state index is 0.294. The number of amides is 1. The number of aromatic nitrogens is 1. The topological polar surface area (TPSA) is 112 Å². The van der Waals surface area contributed by atoms with E-state index in [-0.39, 0.29) is 5.91 Å². The van der Waals surface area contributed by atoms with Gasteiger partial charge in [0.05, 0.1) is 23.4 Å². The van der Waals surface area contributed by atoms with Crippen LogP contribution in [0.3, 0.4) is 0 Å². The van der Waals surface area contributed by atoms with Crippen LogP contribution in [0.25, 0.3) is 11.1 Å². The van der Waals surface area contributed by atoms with E-state index in [0.29, 0.717) is 41.8 Å². The maximum absolute atomic E-state index is 13.2. The zero-order chi connectivity index (χ0) is 22.1. The quantitative estimate of drug-likeness (QED) is 0.557. The maximum atomic E-state index is 13.2. The SMILES string of the molecule is CC(C)c1ccc([C@@H](NC(=O)[C@@H]2CCC[C@@H]2C(=O)O)c2cccc3[nH]c(=O)oc23)cc1. The van der Waals surface area contributed by atoms with Gasteiger partial charge in [0.25, 0.3) is 0 Å². The van der Waals surface area contributed by atoms with Crippen molar-refractivity contribution in [1.29, 1.82) is 0 Å². The molecule has 3 atom stereocenters. The van der Waals surface area contributed by atoms with E-state index in [1.165, 1.54) is 5.56 Å². The van der Waals surface area contributed by atoms with Gasteiger partial charge in [-0.1, -0.05) is 56.7 Å². The van der Waals surface area contributed by atoms with Crippen molar-refractivity contribution in [3.05, 3.63) is 69.7 Å². The maximum Gasteiger partial charge on any atom is 0.417 e. The first kappa shape index (κ1) is 20.9. The van der Waals surface area contributed by atoms with Crippen LogP contribution in [0.2, 0.25) is 0 Å². The molecule has 4 rings (SSSR count). The van der Waals surface area contributed by atoms with E-state index in [1.54, 1.807) is 12.1 Å². The summed E-state index contributed by atoms with van der Waals surface area (Å²) in [5.74, 6) is -2.68. The molecule has 162 valence electrons. The molecule has 7 heteroatoms. The predicted octanol–water partition coefficient (Wildman–Crippen LogP) is 3.95. The summed E-state index contributed by atoms with van der Waals surface area (Å²) in [6.07, 6.45) is 1.76. The molecule has 0 saturated heterocycles. The lowest BCUT2D eigenvalue weighted by molar-refractivity contribution is -0.146. The molecule has 1 fully saturated rings. The van der Waals surface area contributed by atoms with Gasteiger partial charge in [0, 0.05) is 5.56 Å². The molecule has 0 radical (unpaired) electrons. The smallest absolute Gasteiger partial charge is 0.417 e. The average Bonchev–Trinajstić information content (AvgIpc) is 3.38. The fraction of sp³-hybridized carbons (Fsp3) is 0.375. The van der Waals surface area contributed by atoms with E-state index in [2.05, 4.69) is 24.1 Å². The minimum atomic E-state index is -0.936. The highest BCUT2D eigenvalue weighted by Crippen LogP contribution is 2.34. The Kier molecular flexibility index (Phi) is 5.67. The van der Waals surface area contributed by atoms with Crippen LogP contribution in [0.1, 0.15) is 61.8 Å². The number of H-pyrrole nitrogens is 1. The Morgan fingerprint density at radius 3 is 2.42 bits per heavy atom. The van der Waals surface area contributed by atoms with E-state index in [9.17, 15) is 19.5 Å². The molecular formula is C24H26N2O5. The number of nitrogens with one attached hydrogen (secondary N) is 2. The summed E-state index contributed by atoms with van der Waals surface area (Å²) in [5, 5.41) is 12.5. The first-order valence-corrected chi connectivity index (χ1v) is 10.6. The summed E-state index contributed by atoms with van der Waals surface area (Å²) >= 11 is 0. The van der Waals surface area contributed by atoms with Crippen LogP contribution < -0.4 is 11.1 Å². The third kappa shape index (κ3) is 4.13. The number of aliphatic carboxylic acids is 1. The summed E-state index contributed by atoms with van der Waals surface area (Å²) in [5.41, 5.74) is 3.57. The van der Waals surface area contributed by atoms with Crippen molar-refractivity contribution in [2.75, 3.05) is 0 Å². The fourth-order valence-electron chi connectivity index (χ4n) is 4.46. The summed E-state index contributed by atoms with van der Waals surface area (Å²) in [4.78, 5) is 39.2. The lowest BCUT2D eigenvalue weighted by Crippen LogP contribution is -2.38. The van der Waals surface area contributed by atoms with Gasteiger partial charge < -0.3 is 14.8 Å². The van der Waals surface area contributed by atoms with E-state index in [1.807, 2.05) is 30.3 Å². The van der Waals surface area contributed by atoms with Crippen LogP contribution in [0.4, 0.5) is 0 Å². The predicted molar refractivity (Wildman–Crippen MR) is 116 cm³/mol. The van der Waals surface area contributed by atoms with Gasteiger partial charge in [-0.15, -0.1) is 0 Å². The Morgan fingerprint density at radius 1 is 1.06 bits per heavy atom.